The standard InChI is InChI=1S/C21H20N2O5/c1-16(24)28-13-12-27-15-22-19(17-8-4-2-5-9-17)14-20(23(25)26)21(22)18-10-6-3-7-11-18/h2-11,14H,12-13,15H2,1H3. The van der Waals surface area contributed by atoms with Crippen molar-refractivity contribution in [1.82, 2.24) is 4.57 Å². The molecule has 1 aromatic heterocycles. The van der Waals surface area contributed by atoms with Crippen LogP contribution in [0.25, 0.3) is 22.5 Å². The van der Waals surface area contributed by atoms with E-state index < -0.39 is 0 Å². The second kappa shape index (κ2) is 8.96. The summed E-state index contributed by atoms with van der Waals surface area (Å²) >= 11 is 0. The van der Waals surface area contributed by atoms with Crippen molar-refractivity contribution in [3.63, 3.8) is 0 Å². The average molecular weight is 380 g/mol. The van der Waals surface area contributed by atoms with E-state index in [1.54, 1.807) is 10.6 Å². The van der Waals surface area contributed by atoms with Crippen molar-refractivity contribution in [2.45, 2.75) is 13.7 Å². The summed E-state index contributed by atoms with van der Waals surface area (Å²) in [7, 11) is 0. The number of carbonyl (C=O) groups is 1. The Morgan fingerprint density at radius 2 is 1.61 bits per heavy atom. The Bertz CT molecular complexity index is 952. The molecule has 0 aliphatic carbocycles. The number of carbonyl (C=O) groups excluding carboxylic acids is 1. The molecule has 0 atom stereocenters. The summed E-state index contributed by atoms with van der Waals surface area (Å²) in [6, 6.07) is 20.2. The molecule has 0 aliphatic heterocycles. The van der Waals surface area contributed by atoms with Crippen molar-refractivity contribution in [3.8, 4) is 22.5 Å². The minimum absolute atomic E-state index is 0.00800. The largest absolute Gasteiger partial charge is 0.463 e. The fourth-order valence-corrected chi connectivity index (χ4v) is 2.96. The van der Waals surface area contributed by atoms with Crippen LogP contribution in [0.5, 0.6) is 0 Å². The first-order chi connectivity index (χ1) is 13.6. The molecule has 0 spiro atoms. The van der Waals surface area contributed by atoms with Crippen LogP contribution in [0.2, 0.25) is 0 Å². The zero-order valence-electron chi connectivity index (χ0n) is 15.4. The van der Waals surface area contributed by atoms with Crippen LogP contribution < -0.4 is 0 Å². The minimum Gasteiger partial charge on any atom is -0.463 e. The number of esters is 1. The Kier molecular flexibility index (Phi) is 6.18. The van der Waals surface area contributed by atoms with Gasteiger partial charge in [-0.2, -0.15) is 0 Å². The Hall–Kier alpha value is -3.45. The van der Waals surface area contributed by atoms with Gasteiger partial charge in [0, 0.05) is 18.6 Å². The van der Waals surface area contributed by atoms with Gasteiger partial charge in [-0.3, -0.25) is 14.9 Å². The van der Waals surface area contributed by atoms with E-state index in [-0.39, 0.29) is 36.5 Å². The molecule has 0 N–H and O–H groups in total. The van der Waals surface area contributed by atoms with Crippen molar-refractivity contribution < 1.29 is 19.2 Å². The Morgan fingerprint density at radius 1 is 1.00 bits per heavy atom. The van der Waals surface area contributed by atoms with Gasteiger partial charge in [0.05, 0.1) is 17.2 Å². The summed E-state index contributed by atoms with van der Waals surface area (Å²) in [5, 5.41) is 11.7. The van der Waals surface area contributed by atoms with Crippen LogP contribution in [0.1, 0.15) is 6.92 Å². The van der Waals surface area contributed by atoms with E-state index in [4.69, 9.17) is 9.47 Å². The van der Waals surface area contributed by atoms with Crippen molar-refractivity contribution >= 4 is 11.7 Å². The highest BCUT2D eigenvalue weighted by atomic mass is 16.6. The van der Waals surface area contributed by atoms with Gasteiger partial charge in [0.15, 0.2) is 0 Å². The average Bonchev–Trinajstić information content (AvgIpc) is 3.08. The lowest BCUT2D eigenvalue weighted by Gasteiger charge is -2.14. The van der Waals surface area contributed by atoms with Gasteiger partial charge in [-0.15, -0.1) is 0 Å². The topological polar surface area (TPSA) is 83.6 Å². The monoisotopic (exact) mass is 380 g/mol. The molecule has 0 saturated carbocycles. The predicted octanol–water partition coefficient (Wildman–Crippen LogP) is 4.27. The van der Waals surface area contributed by atoms with Crippen LogP contribution in [0.15, 0.2) is 66.7 Å². The van der Waals surface area contributed by atoms with Crippen LogP contribution in [0, 0.1) is 10.1 Å². The van der Waals surface area contributed by atoms with Crippen LogP contribution in [-0.4, -0.2) is 28.7 Å². The third kappa shape index (κ3) is 4.44. The second-order valence-electron chi connectivity index (χ2n) is 6.06. The zero-order chi connectivity index (χ0) is 19.9. The molecular formula is C21H20N2O5. The molecule has 3 aromatic rings. The number of nitrogens with zero attached hydrogens (tertiary/aromatic N) is 2. The Morgan fingerprint density at radius 3 is 2.18 bits per heavy atom. The highest BCUT2D eigenvalue weighted by Gasteiger charge is 2.25. The number of nitro groups is 1. The number of hydrogen-bond acceptors (Lipinski definition) is 5. The minimum atomic E-state index is -0.385. The maximum Gasteiger partial charge on any atom is 0.302 e. The smallest absolute Gasteiger partial charge is 0.302 e. The molecule has 7 heteroatoms. The Balaban J connectivity index is 2.02. The maximum absolute atomic E-state index is 11.7. The van der Waals surface area contributed by atoms with Crippen molar-refractivity contribution in [3.05, 3.63) is 76.8 Å². The van der Waals surface area contributed by atoms with Crippen LogP contribution in [0.3, 0.4) is 0 Å². The molecule has 28 heavy (non-hydrogen) atoms. The lowest BCUT2D eigenvalue weighted by molar-refractivity contribution is -0.384. The number of hydrogen-bond donors (Lipinski definition) is 0. The summed E-state index contributed by atoms with van der Waals surface area (Å²) in [5.41, 5.74) is 2.72. The van der Waals surface area contributed by atoms with Gasteiger partial charge in [0.2, 0.25) is 0 Å². The molecule has 0 unspecified atom stereocenters. The van der Waals surface area contributed by atoms with Crippen molar-refractivity contribution in [2.24, 2.45) is 0 Å². The van der Waals surface area contributed by atoms with Gasteiger partial charge in [-0.05, 0) is 5.56 Å². The third-order valence-electron chi connectivity index (χ3n) is 4.14. The molecule has 1 heterocycles. The van der Waals surface area contributed by atoms with Crippen LogP contribution in [-0.2, 0) is 21.0 Å². The molecule has 144 valence electrons. The molecule has 2 aromatic carbocycles. The SMILES string of the molecule is CC(=O)OCCOCn1c(-c2ccccc2)cc([N+](=O)[O-])c1-c1ccccc1. The first-order valence-electron chi connectivity index (χ1n) is 8.78. The molecule has 0 bridgehead atoms. The van der Waals surface area contributed by atoms with Crippen molar-refractivity contribution in [1.29, 1.82) is 0 Å². The first kappa shape index (κ1) is 19.3. The van der Waals surface area contributed by atoms with Gasteiger partial charge < -0.3 is 14.0 Å². The van der Waals surface area contributed by atoms with E-state index in [1.165, 1.54) is 6.92 Å². The fraction of sp³-hybridized carbons (Fsp3) is 0.190. The molecule has 0 radical (unpaired) electrons. The summed E-state index contributed by atoms with van der Waals surface area (Å²) in [5.74, 6) is -0.379. The normalized spacial score (nSPS) is 10.6. The maximum atomic E-state index is 11.7. The van der Waals surface area contributed by atoms with Gasteiger partial charge in [-0.1, -0.05) is 60.7 Å². The van der Waals surface area contributed by atoms with Crippen molar-refractivity contribution in [2.75, 3.05) is 13.2 Å². The first-order valence-corrected chi connectivity index (χ1v) is 8.78. The zero-order valence-corrected chi connectivity index (χ0v) is 15.4. The summed E-state index contributed by atoms with van der Waals surface area (Å²) < 4.78 is 12.3. The summed E-state index contributed by atoms with van der Waals surface area (Å²) in [6.07, 6.45) is 0. The van der Waals surface area contributed by atoms with Gasteiger partial charge in [-0.25, -0.2) is 0 Å². The fourth-order valence-electron chi connectivity index (χ4n) is 2.96. The number of benzene rings is 2. The van der Waals surface area contributed by atoms with E-state index >= 15 is 0 Å². The summed E-state index contributed by atoms with van der Waals surface area (Å²) in [6.45, 7) is 1.73. The van der Waals surface area contributed by atoms with E-state index in [1.807, 2.05) is 60.7 Å². The third-order valence-corrected chi connectivity index (χ3v) is 4.14. The molecule has 3 rings (SSSR count). The molecule has 0 amide bonds. The quantitative estimate of drug-likeness (QED) is 0.252. The highest BCUT2D eigenvalue weighted by Crippen LogP contribution is 2.37. The summed E-state index contributed by atoms with van der Waals surface area (Å²) in [4.78, 5) is 22.2. The molecule has 7 nitrogen and oxygen atoms in total. The van der Waals surface area contributed by atoms with Crippen LogP contribution in [0.4, 0.5) is 5.69 Å². The van der Waals surface area contributed by atoms with E-state index in [9.17, 15) is 14.9 Å². The number of ether oxygens (including phenoxy) is 2. The van der Waals surface area contributed by atoms with Crippen LogP contribution >= 0.6 is 0 Å². The lowest BCUT2D eigenvalue weighted by atomic mass is 10.1. The van der Waals surface area contributed by atoms with E-state index in [2.05, 4.69) is 0 Å². The van der Waals surface area contributed by atoms with E-state index in [0.29, 0.717) is 11.4 Å². The second-order valence-corrected chi connectivity index (χ2v) is 6.06. The predicted molar refractivity (Wildman–Crippen MR) is 105 cm³/mol. The van der Waals surface area contributed by atoms with E-state index in [0.717, 1.165) is 11.1 Å². The number of aromatic nitrogens is 1. The number of rotatable bonds is 8. The highest BCUT2D eigenvalue weighted by molar-refractivity contribution is 5.78. The molecule has 0 aliphatic rings. The molecule has 0 saturated heterocycles. The Labute approximate surface area is 162 Å². The lowest BCUT2D eigenvalue weighted by Crippen LogP contribution is -2.12. The molecule has 0 fully saturated rings. The van der Waals surface area contributed by atoms with Gasteiger partial charge >= 0.3 is 5.97 Å². The van der Waals surface area contributed by atoms with Gasteiger partial charge in [0.1, 0.15) is 19.0 Å². The van der Waals surface area contributed by atoms with Gasteiger partial charge in [0.25, 0.3) is 5.69 Å². The molecular weight excluding hydrogens is 360 g/mol.